The highest BCUT2D eigenvalue weighted by atomic mass is 16.5. The quantitative estimate of drug-likeness (QED) is 0.533. The Bertz CT molecular complexity index is 1220. The third-order valence-electron chi connectivity index (χ3n) is 5.06. The van der Waals surface area contributed by atoms with E-state index in [1.54, 1.807) is 26.5 Å². The van der Waals surface area contributed by atoms with Gasteiger partial charge in [-0.3, -0.25) is 4.79 Å². The highest BCUT2D eigenvalue weighted by Crippen LogP contribution is 2.33. The van der Waals surface area contributed by atoms with Gasteiger partial charge in [-0.25, -0.2) is 9.98 Å². The molecule has 2 heterocycles. The first-order valence-electron chi connectivity index (χ1n) is 10.2. The first kappa shape index (κ1) is 21.8. The topological polar surface area (TPSA) is 101 Å². The minimum atomic E-state index is -0.300. The second-order valence-corrected chi connectivity index (χ2v) is 7.28. The summed E-state index contributed by atoms with van der Waals surface area (Å²) in [6.45, 7) is 4.03. The van der Waals surface area contributed by atoms with E-state index in [1.807, 2.05) is 48.3 Å². The molecule has 9 heteroatoms. The average Bonchev–Trinajstić information content (AvgIpc) is 2.85. The summed E-state index contributed by atoms with van der Waals surface area (Å²) in [5, 5.41) is 5.93. The Morgan fingerprint density at radius 2 is 1.82 bits per heavy atom. The van der Waals surface area contributed by atoms with Crippen LogP contribution < -0.4 is 25.0 Å². The summed E-state index contributed by atoms with van der Waals surface area (Å²) < 4.78 is 10.8. The second kappa shape index (κ2) is 9.39. The lowest BCUT2D eigenvalue weighted by Crippen LogP contribution is -2.30. The smallest absolute Gasteiger partial charge is 0.247 e. The van der Waals surface area contributed by atoms with Crippen LogP contribution in [-0.4, -0.2) is 49.4 Å². The molecule has 0 fully saturated rings. The van der Waals surface area contributed by atoms with Crippen LogP contribution in [0.1, 0.15) is 5.56 Å². The molecule has 0 saturated heterocycles. The van der Waals surface area contributed by atoms with Crippen molar-refractivity contribution < 1.29 is 14.3 Å². The number of hydrogen-bond donors (Lipinski definition) is 2. The van der Waals surface area contributed by atoms with Gasteiger partial charge >= 0.3 is 0 Å². The Balaban J connectivity index is 1.63. The minimum Gasteiger partial charge on any atom is -0.497 e. The molecule has 168 valence electrons. The van der Waals surface area contributed by atoms with Gasteiger partial charge in [-0.1, -0.05) is 18.7 Å². The van der Waals surface area contributed by atoms with E-state index in [-0.39, 0.29) is 5.91 Å². The number of fused-ring (bicyclic) bond motifs is 1. The van der Waals surface area contributed by atoms with E-state index in [2.05, 4.69) is 27.2 Å². The summed E-state index contributed by atoms with van der Waals surface area (Å²) in [6.07, 6.45) is 2.89. The molecular weight excluding hydrogens is 420 g/mol. The summed E-state index contributed by atoms with van der Waals surface area (Å²) in [7, 11) is 5.18. The molecular formula is C24H24N6O3. The maximum atomic E-state index is 11.7. The number of para-hydroxylation sites is 2. The van der Waals surface area contributed by atoms with Crippen molar-refractivity contribution in [2.24, 2.45) is 4.99 Å². The van der Waals surface area contributed by atoms with Crippen molar-refractivity contribution in [3.8, 4) is 11.5 Å². The van der Waals surface area contributed by atoms with Gasteiger partial charge in [0.25, 0.3) is 0 Å². The lowest BCUT2D eigenvalue weighted by atomic mass is 10.1. The number of carbonyl (C=O) groups excluding carboxylic acids is 1. The number of amides is 1. The number of hydrogen-bond acceptors (Lipinski definition) is 8. The van der Waals surface area contributed by atoms with Crippen molar-refractivity contribution in [3.63, 3.8) is 0 Å². The largest absolute Gasteiger partial charge is 0.497 e. The Morgan fingerprint density at radius 1 is 1.12 bits per heavy atom. The number of benzene rings is 2. The summed E-state index contributed by atoms with van der Waals surface area (Å²) in [6, 6.07) is 13.0. The number of ether oxygens (including phenoxy) is 2. The zero-order valence-corrected chi connectivity index (χ0v) is 18.6. The van der Waals surface area contributed by atoms with E-state index in [9.17, 15) is 4.79 Å². The van der Waals surface area contributed by atoms with Crippen LogP contribution in [-0.2, 0) is 4.79 Å². The van der Waals surface area contributed by atoms with Gasteiger partial charge in [-0.05, 0) is 30.3 Å². The van der Waals surface area contributed by atoms with E-state index in [4.69, 9.17) is 14.5 Å². The highest BCUT2D eigenvalue weighted by molar-refractivity contribution is 6.07. The lowest BCUT2D eigenvalue weighted by molar-refractivity contribution is -0.111. The number of nitrogens with one attached hydrogen (secondary N) is 2. The molecule has 2 aromatic carbocycles. The minimum absolute atomic E-state index is 0.300. The van der Waals surface area contributed by atoms with Crippen molar-refractivity contribution in [1.82, 2.24) is 9.97 Å². The number of anilines is 4. The number of carbonyl (C=O) groups is 1. The predicted molar refractivity (Wildman–Crippen MR) is 130 cm³/mol. The first-order chi connectivity index (χ1) is 16.0. The average molecular weight is 444 g/mol. The number of likely N-dealkylation sites (N-methyl/N-ethyl adjacent to an activating group) is 1. The van der Waals surface area contributed by atoms with Crippen molar-refractivity contribution in [2.75, 3.05) is 43.3 Å². The molecule has 3 aromatic rings. The van der Waals surface area contributed by atoms with Crippen molar-refractivity contribution in [2.45, 2.75) is 0 Å². The number of rotatable bonds is 7. The van der Waals surface area contributed by atoms with Crippen LogP contribution in [0.25, 0.3) is 0 Å². The molecule has 9 nitrogen and oxygen atoms in total. The first-order valence-corrected chi connectivity index (χ1v) is 10.2. The Kier molecular flexibility index (Phi) is 6.21. The van der Waals surface area contributed by atoms with Crippen LogP contribution in [0.5, 0.6) is 11.5 Å². The fourth-order valence-corrected chi connectivity index (χ4v) is 3.40. The number of aliphatic imine (C=N–C) groups is 1. The Labute approximate surface area is 191 Å². The molecule has 33 heavy (non-hydrogen) atoms. The van der Waals surface area contributed by atoms with E-state index in [1.165, 1.54) is 6.08 Å². The Hall–Kier alpha value is -4.40. The third kappa shape index (κ3) is 4.77. The van der Waals surface area contributed by atoms with E-state index in [0.29, 0.717) is 46.9 Å². The van der Waals surface area contributed by atoms with E-state index >= 15 is 0 Å². The van der Waals surface area contributed by atoms with E-state index < -0.39 is 0 Å². The van der Waals surface area contributed by atoms with Crippen LogP contribution in [0, 0.1) is 0 Å². The normalized spacial score (nSPS) is 12.3. The summed E-state index contributed by atoms with van der Waals surface area (Å²) >= 11 is 0. The molecule has 1 aromatic heterocycles. The van der Waals surface area contributed by atoms with Crippen LogP contribution in [0.4, 0.5) is 28.8 Å². The molecule has 0 saturated carbocycles. The van der Waals surface area contributed by atoms with Gasteiger partial charge in [0, 0.05) is 18.7 Å². The SMILES string of the molecule is C=CC(=O)Nc1ccccc1Nc1ncc2c(n1)N(C)CC(c1cc(OC)cc(OC)c1)=N2. The molecule has 4 rings (SSSR count). The molecule has 0 atom stereocenters. The molecule has 0 spiro atoms. The zero-order chi connectivity index (χ0) is 23.4. The van der Waals surface area contributed by atoms with Gasteiger partial charge in [-0.2, -0.15) is 4.98 Å². The van der Waals surface area contributed by atoms with Gasteiger partial charge in [0.15, 0.2) is 5.82 Å². The molecule has 0 radical (unpaired) electrons. The van der Waals surface area contributed by atoms with Crippen LogP contribution in [0.3, 0.4) is 0 Å². The Morgan fingerprint density at radius 3 is 2.48 bits per heavy atom. The van der Waals surface area contributed by atoms with Gasteiger partial charge in [0.1, 0.15) is 17.2 Å². The highest BCUT2D eigenvalue weighted by Gasteiger charge is 2.21. The molecule has 0 unspecified atom stereocenters. The molecule has 0 bridgehead atoms. The van der Waals surface area contributed by atoms with Crippen LogP contribution in [0.15, 0.2) is 66.3 Å². The molecule has 1 aliphatic rings. The molecule has 0 aliphatic carbocycles. The van der Waals surface area contributed by atoms with Crippen molar-refractivity contribution in [3.05, 3.63) is 66.9 Å². The van der Waals surface area contributed by atoms with E-state index in [0.717, 1.165) is 11.3 Å². The van der Waals surface area contributed by atoms with Gasteiger partial charge in [0.2, 0.25) is 11.9 Å². The lowest BCUT2D eigenvalue weighted by Gasteiger charge is -2.26. The number of aromatic nitrogens is 2. The number of nitrogens with zero attached hydrogens (tertiary/aromatic N) is 4. The third-order valence-corrected chi connectivity index (χ3v) is 5.06. The van der Waals surface area contributed by atoms with Crippen molar-refractivity contribution >= 4 is 40.4 Å². The fraction of sp³-hybridized carbons (Fsp3) is 0.167. The summed E-state index contributed by atoms with van der Waals surface area (Å²) in [5.74, 6) is 2.17. The van der Waals surface area contributed by atoms with Crippen LogP contribution >= 0.6 is 0 Å². The summed E-state index contributed by atoms with van der Waals surface area (Å²) in [5.41, 5.74) is 3.67. The predicted octanol–water partition coefficient (Wildman–Crippen LogP) is 3.93. The maximum absolute atomic E-state index is 11.7. The van der Waals surface area contributed by atoms with Crippen LogP contribution in [0.2, 0.25) is 0 Å². The fourth-order valence-electron chi connectivity index (χ4n) is 3.40. The van der Waals surface area contributed by atoms with Crippen molar-refractivity contribution in [1.29, 1.82) is 0 Å². The molecule has 1 aliphatic heterocycles. The second-order valence-electron chi connectivity index (χ2n) is 7.28. The molecule has 2 N–H and O–H groups in total. The monoisotopic (exact) mass is 444 g/mol. The van der Waals surface area contributed by atoms with Gasteiger partial charge in [0.05, 0.1) is 44.0 Å². The number of methoxy groups -OCH3 is 2. The maximum Gasteiger partial charge on any atom is 0.247 e. The van der Waals surface area contributed by atoms with Gasteiger partial charge in [-0.15, -0.1) is 0 Å². The summed E-state index contributed by atoms with van der Waals surface area (Å²) in [4.78, 5) is 27.6. The molecule has 1 amide bonds. The van der Waals surface area contributed by atoms with Gasteiger partial charge < -0.3 is 25.0 Å². The standard InChI is InChI=1S/C24H24N6O3/c1-5-22(31)27-18-8-6-7-9-19(18)28-24-25-13-20-23(29-24)30(2)14-21(26-20)15-10-16(32-3)12-17(11-15)33-4/h5-13H,1,14H2,2-4H3,(H,27,31)(H,25,28,29). The zero-order valence-electron chi connectivity index (χ0n) is 18.6.